The van der Waals surface area contributed by atoms with Crippen molar-refractivity contribution >= 4 is 51.7 Å². The van der Waals surface area contributed by atoms with Crippen molar-refractivity contribution in [3.8, 4) is 11.3 Å². The first-order valence-corrected chi connectivity index (χ1v) is 11.5. The molecule has 4 rings (SSSR count). The molecule has 3 N–H and O–H groups in total. The number of carbonyl (C=O) groups excluding carboxylic acids is 4. The number of anilines is 1. The van der Waals surface area contributed by atoms with Crippen molar-refractivity contribution in [1.29, 1.82) is 0 Å². The van der Waals surface area contributed by atoms with Crippen LogP contribution in [0.25, 0.3) is 11.3 Å². The van der Waals surface area contributed by atoms with E-state index in [0.29, 0.717) is 26.2 Å². The number of hydrogen-bond donors (Lipinski definition) is 2. The summed E-state index contributed by atoms with van der Waals surface area (Å²) in [6.45, 7) is -0.0268. The Morgan fingerprint density at radius 2 is 1.62 bits per heavy atom. The summed E-state index contributed by atoms with van der Waals surface area (Å²) < 4.78 is 0.596. The van der Waals surface area contributed by atoms with E-state index < -0.39 is 17.7 Å². The van der Waals surface area contributed by atoms with Gasteiger partial charge in [-0.1, -0.05) is 65.6 Å². The number of aromatic nitrogens is 1. The molecule has 0 unspecified atom stereocenters. The number of rotatable bonds is 8. The number of thioether (sulfide) groups is 1. The lowest BCUT2D eigenvalue weighted by atomic mass is 10.1. The molecule has 4 amide bonds. The molecule has 10 heteroatoms. The van der Waals surface area contributed by atoms with Crippen LogP contribution >= 0.6 is 23.1 Å². The van der Waals surface area contributed by atoms with Crippen molar-refractivity contribution in [3.05, 3.63) is 65.7 Å². The third-order valence-corrected chi connectivity index (χ3v) is 6.82. The number of amides is 4. The molecule has 162 valence electrons. The number of nitrogens with two attached hydrogens (primary N) is 1. The number of thiazole rings is 1. The van der Waals surface area contributed by atoms with E-state index >= 15 is 0 Å². The number of imide groups is 1. The second kappa shape index (κ2) is 9.33. The second-order valence-electron chi connectivity index (χ2n) is 6.88. The Bertz CT molecular complexity index is 1170. The van der Waals surface area contributed by atoms with Crippen LogP contribution in [0.2, 0.25) is 0 Å². The molecule has 1 aliphatic heterocycles. The zero-order valence-electron chi connectivity index (χ0n) is 16.7. The van der Waals surface area contributed by atoms with E-state index in [9.17, 15) is 19.2 Å². The molecule has 2 heterocycles. The number of nitrogens with zero attached hydrogens (tertiary/aromatic N) is 2. The first-order valence-electron chi connectivity index (χ1n) is 9.66. The van der Waals surface area contributed by atoms with Gasteiger partial charge in [-0.05, 0) is 12.1 Å². The summed E-state index contributed by atoms with van der Waals surface area (Å²) in [7, 11) is 0. The van der Waals surface area contributed by atoms with Gasteiger partial charge in [0.25, 0.3) is 11.8 Å². The number of carbonyl (C=O) groups is 4. The van der Waals surface area contributed by atoms with Crippen molar-refractivity contribution in [3.63, 3.8) is 0 Å². The SMILES string of the molecule is NC(=O)CSc1nc(-c2ccccc2)c(NC(=O)CCN2C(=O)c3ccccc3C2=O)s1. The molecule has 0 fully saturated rings. The van der Waals surface area contributed by atoms with Gasteiger partial charge < -0.3 is 11.1 Å². The number of fused-ring (bicyclic) bond motifs is 1. The van der Waals surface area contributed by atoms with Crippen LogP contribution in [0.4, 0.5) is 5.00 Å². The summed E-state index contributed by atoms with van der Waals surface area (Å²) in [5.74, 6) is -1.53. The monoisotopic (exact) mass is 466 g/mol. The third kappa shape index (κ3) is 4.56. The summed E-state index contributed by atoms with van der Waals surface area (Å²) in [6, 6.07) is 15.9. The van der Waals surface area contributed by atoms with Crippen LogP contribution in [0.5, 0.6) is 0 Å². The minimum atomic E-state index is -0.460. The number of nitrogens with one attached hydrogen (secondary N) is 1. The summed E-state index contributed by atoms with van der Waals surface area (Å²) in [6.07, 6.45) is -0.0542. The first kappa shape index (κ1) is 21.7. The average Bonchev–Trinajstić information content (AvgIpc) is 3.30. The molecule has 0 saturated carbocycles. The van der Waals surface area contributed by atoms with Crippen molar-refractivity contribution in [1.82, 2.24) is 9.88 Å². The van der Waals surface area contributed by atoms with Crippen LogP contribution in [0.15, 0.2) is 58.9 Å². The van der Waals surface area contributed by atoms with Crippen LogP contribution in [0.1, 0.15) is 27.1 Å². The zero-order chi connectivity index (χ0) is 22.7. The predicted molar refractivity (Wildman–Crippen MR) is 123 cm³/mol. The van der Waals surface area contributed by atoms with Gasteiger partial charge in [-0.3, -0.25) is 24.1 Å². The normalized spacial score (nSPS) is 12.7. The Kier molecular flexibility index (Phi) is 6.33. The molecule has 1 aliphatic rings. The fourth-order valence-electron chi connectivity index (χ4n) is 3.22. The Labute approximate surface area is 191 Å². The maximum absolute atomic E-state index is 12.7. The van der Waals surface area contributed by atoms with E-state index in [2.05, 4.69) is 10.3 Å². The highest BCUT2D eigenvalue weighted by Gasteiger charge is 2.35. The lowest BCUT2D eigenvalue weighted by molar-refractivity contribution is -0.116. The van der Waals surface area contributed by atoms with Gasteiger partial charge in [0.15, 0.2) is 4.34 Å². The molecule has 2 aromatic carbocycles. The highest BCUT2D eigenvalue weighted by molar-refractivity contribution is 8.01. The Morgan fingerprint density at radius 3 is 2.25 bits per heavy atom. The minimum absolute atomic E-state index is 0.0268. The molecule has 0 atom stereocenters. The van der Waals surface area contributed by atoms with Gasteiger partial charge in [-0.2, -0.15) is 0 Å². The van der Waals surface area contributed by atoms with Crippen molar-refractivity contribution in [2.45, 2.75) is 10.8 Å². The van der Waals surface area contributed by atoms with Crippen LogP contribution in [-0.4, -0.2) is 45.8 Å². The maximum atomic E-state index is 12.7. The quantitative estimate of drug-likeness (QED) is 0.389. The van der Waals surface area contributed by atoms with E-state index in [1.54, 1.807) is 24.3 Å². The Morgan fingerprint density at radius 1 is 1.00 bits per heavy atom. The van der Waals surface area contributed by atoms with Crippen molar-refractivity contribution < 1.29 is 19.2 Å². The Balaban J connectivity index is 1.46. The van der Waals surface area contributed by atoms with Gasteiger partial charge in [0, 0.05) is 18.5 Å². The third-order valence-electron chi connectivity index (χ3n) is 4.69. The minimum Gasteiger partial charge on any atom is -0.369 e. The van der Waals surface area contributed by atoms with E-state index in [4.69, 9.17) is 5.73 Å². The summed E-state index contributed by atoms with van der Waals surface area (Å²) in [5, 5.41) is 3.35. The predicted octanol–water partition coefficient (Wildman–Crippen LogP) is 3.01. The fraction of sp³-hybridized carbons (Fsp3) is 0.136. The van der Waals surface area contributed by atoms with Gasteiger partial charge >= 0.3 is 0 Å². The van der Waals surface area contributed by atoms with Crippen molar-refractivity contribution in [2.24, 2.45) is 5.73 Å². The van der Waals surface area contributed by atoms with E-state index in [0.717, 1.165) is 10.5 Å². The molecule has 8 nitrogen and oxygen atoms in total. The highest BCUT2D eigenvalue weighted by Crippen LogP contribution is 2.37. The molecule has 0 radical (unpaired) electrons. The van der Waals surface area contributed by atoms with E-state index in [-0.39, 0.29) is 24.6 Å². The van der Waals surface area contributed by atoms with Gasteiger partial charge in [0.1, 0.15) is 10.7 Å². The lowest BCUT2D eigenvalue weighted by Gasteiger charge is -2.13. The maximum Gasteiger partial charge on any atom is 0.261 e. The molecule has 1 aromatic heterocycles. The van der Waals surface area contributed by atoms with Crippen LogP contribution < -0.4 is 11.1 Å². The molecule has 3 aromatic rings. The zero-order valence-corrected chi connectivity index (χ0v) is 18.4. The highest BCUT2D eigenvalue weighted by atomic mass is 32.2. The lowest BCUT2D eigenvalue weighted by Crippen LogP contribution is -2.32. The summed E-state index contributed by atoms with van der Waals surface area (Å²) in [4.78, 5) is 54.3. The topological polar surface area (TPSA) is 122 Å². The van der Waals surface area contributed by atoms with Gasteiger partial charge in [0.2, 0.25) is 11.8 Å². The van der Waals surface area contributed by atoms with Gasteiger partial charge in [0.05, 0.1) is 16.9 Å². The van der Waals surface area contributed by atoms with Crippen LogP contribution in [0.3, 0.4) is 0 Å². The first-order chi connectivity index (χ1) is 15.4. The largest absolute Gasteiger partial charge is 0.369 e. The summed E-state index contributed by atoms with van der Waals surface area (Å²) in [5.41, 5.74) is 7.31. The van der Waals surface area contributed by atoms with Crippen LogP contribution in [0, 0.1) is 0 Å². The fourth-order valence-corrected chi connectivity index (χ4v) is 5.04. The smallest absolute Gasteiger partial charge is 0.261 e. The Hall–Kier alpha value is -3.50. The molecule has 0 bridgehead atoms. The molecular formula is C22H18N4O4S2. The molecule has 0 spiro atoms. The van der Waals surface area contributed by atoms with Gasteiger partial charge in [-0.25, -0.2) is 4.98 Å². The van der Waals surface area contributed by atoms with Crippen LogP contribution in [-0.2, 0) is 9.59 Å². The second-order valence-corrected chi connectivity index (χ2v) is 9.11. The van der Waals surface area contributed by atoms with E-state index in [1.165, 1.54) is 23.1 Å². The standard InChI is InChI=1S/C22H18N4O4S2/c23-16(27)12-31-22-25-18(13-6-2-1-3-7-13)19(32-22)24-17(28)10-11-26-20(29)14-8-4-5-9-15(14)21(26)30/h1-9H,10-12H2,(H2,23,27)(H,24,28). The molecular weight excluding hydrogens is 448 g/mol. The van der Waals surface area contributed by atoms with E-state index in [1.807, 2.05) is 30.3 Å². The summed E-state index contributed by atoms with van der Waals surface area (Å²) >= 11 is 2.43. The molecule has 0 aliphatic carbocycles. The number of hydrogen-bond acceptors (Lipinski definition) is 7. The molecule has 0 saturated heterocycles. The molecule has 32 heavy (non-hydrogen) atoms. The number of benzene rings is 2. The average molecular weight is 467 g/mol. The number of primary amides is 1. The van der Waals surface area contributed by atoms with Gasteiger partial charge in [-0.15, -0.1) is 0 Å². The van der Waals surface area contributed by atoms with Crippen molar-refractivity contribution in [2.75, 3.05) is 17.6 Å².